The number of rotatable bonds is 6. The fourth-order valence-corrected chi connectivity index (χ4v) is 4.52. The number of hydrogen-bond donors (Lipinski definition) is 2. The monoisotopic (exact) mass is 393 g/mol. The first-order chi connectivity index (χ1) is 12.7. The van der Waals surface area contributed by atoms with Crippen molar-refractivity contribution < 1.29 is 9.53 Å². The average Bonchev–Trinajstić information content (AvgIpc) is 3.10. The zero-order valence-corrected chi connectivity index (χ0v) is 17.6. The fraction of sp³-hybridized carbons (Fsp3) is 0.667. The SMILES string of the molecule is CCOC1CC(N)(C(=O)NCC2CCN(c3cc(Cl)ccc3C)C2)C1(C)C. The Bertz CT molecular complexity index is 709. The molecule has 150 valence electrons. The van der Waals surface area contributed by atoms with Crippen LogP contribution in [0.15, 0.2) is 18.2 Å². The number of nitrogens with zero attached hydrogens (tertiary/aromatic N) is 1. The second kappa shape index (κ2) is 7.61. The van der Waals surface area contributed by atoms with E-state index in [0.29, 0.717) is 25.5 Å². The third kappa shape index (κ3) is 3.69. The highest BCUT2D eigenvalue weighted by Gasteiger charge is 2.62. The Balaban J connectivity index is 1.54. The second-order valence-corrected chi connectivity index (χ2v) is 9.02. The van der Waals surface area contributed by atoms with Crippen molar-refractivity contribution in [3.63, 3.8) is 0 Å². The van der Waals surface area contributed by atoms with Crippen molar-refractivity contribution in [2.45, 2.75) is 52.2 Å². The molecule has 2 fully saturated rings. The van der Waals surface area contributed by atoms with Crippen LogP contribution in [0.2, 0.25) is 5.02 Å². The van der Waals surface area contributed by atoms with Crippen LogP contribution in [0, 0.1) is 18.3 Å². The number of nitrogens with one attached hydrogen (secondary N) is 1. The predicted molar refractivity (Wildman–Crippen MR) is 110 cm³/mol. The highest BCUT2D eigenvalue weighted by Crippen LogP contribution is 2.49. The van der Waals surface area contributed by atoms with E-state index in [4.69, 9.17) is 22.1 Å². The number of ether oxygens (including phenoxy) is 1. The highest BCUT2D eigenvalue weighted by molar-refractivity contribution is 6.30. The zero-order valence-electron chi connectivity index (χ0n) is 16.8. The van der Waals surface area contributed by atoms with Gasteiger partial charge >= 0.3 is 0 Å². The summed E-state index contributed by atoms with van der Waals surface area (Å²) in [6, 6.07) is 6.00. The summed E-state index contributed by atoms with van der Waals surface area (Å²) in [6.07, 6.45) is 1.68. The zero-order chi connectivity index (χ0) is 19.8. The molecule has 1 amide bonds. The van der Waals surface area contributed by atoms with Gasteiger partial charge in [-0.25, -0.2) is 0 Å². The van der Waals surface area contributed by atoms with Gasteiger partial charge in [0.15, 0.2) is 0 Å². The molecule has 1 aromatic carbocycles. The Morgan fingerprint density at radius 3 is 2.85 bits per heavy atom. The van der Waals surface area contributed by atoms with Gasteiger partial charge in [-0.2, -0.15) is 0 Å². The first kappa shape index (κ1) is 20.4. The number of aryl methyl sites for hydroxylation is 1. The van der Waals surface area contributed by atoms with Gasteiger partial charge in [0.2, 0.25) is 5.91 Å². The van der Waals surface area contributed by atoms with Crippen molar-refractivity contribution in [1.29, 1.82) is 0 Å². The summed E-state index contributed by atoms with van der Waals surface area (Å²) in [5.41, 5.74) is 7.67. The number of hydrogen-bond acceptors (Lipinski definition) is 4. The molecule has 27 heavy (non-hydrogen) atoms. The van der Waals surface area contributed by atoms with E-state index in [1.165, 1.54) is 11.3 Å². The Hall–Kier alpha value is -1.30. The molecule has 0 radical (unpaired) electrons. The molecule has 2 aliphatic rings. The molecule has 3 N–H and O–H groups in total. The number of halogens is 1. The molecule has 3 rings (SSSR count). The molecule has 0 bridgehead atoms. The number of anilines is 1. The van der Waals surface area contributed by atoms with Crippen molar-refractivity contribution in [2.75, 3.05) is 31.1 Å². The average molecular weight is 394 g/mol. The number of benzene rings is 1. The van der Waals surface area contributed by atoms with E-state index in [0.717, 1.165) is 24.5 Å². The van der Waals surface area contributed by atoms with Crippen LogP contribution in [0.5, 0.6) is 0 Å². The smallest absolute Gasteiger partial charge is 0.240 e. The molecule has 1 aliphatic carbocycles. The van der Waals surface area contributed by atoms with Gasteiger partial charge in [0.25, 0.3) is 0 Å². The summed E-state index contributed by atoms with van der Waals surface area (Å²) >= 11 is 6.16. The Morgan fingerprint density at radius 1 is 1.44 bits per heavy atom. The minimum Gasteiger partial charge on any atom is -0.378 e. The van der Waals surface area contributed by atoms with Gasteiger partial charge < -0.3 is 20.7 Å². The molecular weight excluding hydrogens is 362 g/mol. The highest BCUT2D eigenvalue weighted by atomic mass is 35.5. The molecule has 0 aromatic heterocycles. The number of carbonyl (C=O) groups excluding carboxylic acids is 1. The first-order valence-corrected chi connectivity index (χ1v) is 10.3. The van der Waals surface area contributed by atoms with Crippen molar-refractivity contribution in [2.24, 2.45) is 17.1 Å². The van der Waals surface area contributed by atoms with Gasteiger partial charge in [-0.1, -0.05) is 31.5 Å². The van der Waals surface area contributed by atoms with Gasteiger partial charge in [0.1, 0.15) is 5.54 Å². The van der Waals surface area contributed by atoms with Crippen LogP contribution >= 0.6 is 11.6 Å². The third-order valence-corrected chi connectivity index (χ3v) is 6.82. The van der Waals surface area contributed by atoms with Gasteiger partial charge in [0.05, 0.1) is 6.10 Å². The Kier molecular flexibility index (Phi) is 5.76. The van der Waals surface area contributed by atoms with Crippen LogP contribution in [-0.4, -0.2) is 43.8 Å². The van der Waals surface area contributed by atoms with Crippen LogP contribution < -0.4 is 16.0 Å². The quantitative estimate of drug-likeness (QED) is 0.779. The van der Waals surface area contributed by atoms with Crippen LogP contribution in [0.4, 0.5) is 5.69 Å². The predicted octanol–water partition coefficient (Wildman–Crippen LogP) is 3.12. The molecule has 6 heteroatoms. The van der Waals surface area contributed by atoms with Crippen molar-refractivity contribution in [1.82, 2.24) is 5.32 Å². The van der Waals surface area contributed by atoms with E-state index in [2.05, 4.69) is 23.2 Å². The number of carbonyl (C=O) groups is 1. The summed E-state index contributed by atoms with van der Waals surface area (Å²) < 4.78 is 5.72. The van der Waals surface area contributed by atoms with Gasteiger partial charge in [-0.3, -0.25) is 4.79 Å². The molecule has 1 aliphatic heterocycles. The van der Waals surface area contributed by atoms with Gasteiger partial charge in [-0.05, 0) is 43.9 Å². The minimum atomic E-state index is -0.853. The van der Waals surface area contributed by atoms with E-state index in [-0.39, 0.29) is 17.4 Å². The molecule has 1 saturated heterocycles. The van der Waals surface area contributed by atoms with E-state index in [9.17, 15) is 4.79 Å². The molecule has 1 saturated carbocycles. The lowest BCUT2D eigenvalue weighted by Gasteiger charge is -2.57. The first-order valence-electron chi connectivity index (χ1n) is 9.89. The van der Waals surface area contributed by atoms with Gasteiger partial charge in [0, 0.05) is 48.8 Å². The van der Waals surface area contributed by atoms with Crippen molar-refractivity contribution >= 4 is 23.2 Å². The topological polar surface area (TPSA) is 67.6 Å². The molecular formula is C21H32ClN3O2. The summed E-state index contributed by atoms with van der Waals surface area (Å²) in [7, 11) is 0. The Morgan fingerprint density at radius 2 is 2.19 bits per heavy atom. The largest absolute Gasteiger partial charge is 0.378 e. The number of nitrogens with two attached hydrogens (primary N) is 1. The summed E-state index contributed by atoms with van der Waals surface area (Å²) in [4.78, 5) is 15.2. The number of amides is 1. The van der Waals surface area contributed by atoms with E-state index in [1.54, 1.807) is 0 Å². The molecule has 3 unspecified atom stereocenters. The Labute approximate surface area is 167 Å². The van der Waals surface area contributed by atoms with Gasteiger partial charge in [-0.15, -0.1) is 0 Å². The lowest BCUT2D eigenvalue weighted by atomic mass is 9.54. The maximum atomic E-state index is 12.8. The van der Waals surface area contributed by atoms with Crippen LogP contribution in [-0.2, 0) is 9.53 Å². The maximum Gasteiger partial charge on any atom is 0.240 e. The van der Waals surface area contributed by atoms with Crippen LogP contribution in [0.1, 0.15) is 39.2 Å². The molecule has 5 nitrogen and oxygen atoms in total. The minimum absolute atomic E-state index is 0.0472. The summed E-state index contributed by atoms with van der Waals surface area (Å²) in [5.74, 6) is 0.364. The maximum absolute atomic E-state index is 12.8. The molecule has 1 heterocycles. The molecule has 1 aromatic rings. The van der Waals surface area contributed by atoms with Crippen molar-refractivity contribution in [3.8, 4) is 0 Å². The second-order valence-electron chi connectivity index (χ2n) is 8.58. The lowest BCUT2D eigenvalue weighted by molar-refractivity contribution is -0.170. The molecule has 0 spiro atoms. The van der Waals surface area contributed by atoms with Crippen LogP contribution in [0.3, 0.4) is 0 Å². The third-order valence-electron chi connectivity index (χ3n) is 6.58. The normalized spacial score (nSPS) is 29.5. The van der Waals surface area contributed by atoms with Crippen molar-refractivity contribution in [3.05, 3.63) is 28.8 Å². The standard InChI is InChI=1S/C21H32ClN3O2/c1-5-27-18-11-21(23,20(18,3)4)19(26)24-12-15-8-9-25(13-15)17-10-16(22)7-6-14(17)2/h6-7,10,15,18H,5,8-9,11-13,23H2,1-4H3,(H,24,26). The van der Waals surface area contributed by atoms with E-state index < -0.39 is 5.54 Å². The van der Waals surface area contributed by atoms with Crippen LogP contribution in [0.25, 0.3) is 0 Å². The summed E-state index contributed by atoms with van der Waals surface area (Å²) in [6.45, 7) is 11.3. The van der Waals surface area contributed by atoms with E-state index >= 15 is 0 Å². The fourth-order valence-electron chi connectivity index (χ4n) is 4.36. The lowest BCUT2D eigenvalue weighted by Crippen LogP contribution is -2.75. The summed E-state index contributed by atoms with van der Waals surface area (Å²) in [5, 5.41) is 3.87. The van der Waals surface area contributed by atoms with E-state index in [1.807, 2.05) is 32.9 Å². The molecule has 3 atom stereocenters.